The third kappa shape index (κ3) is 4.59. The lowest BCUT2D eigenvalue weighted by Crippen LogP contribution is -2.31. The molecule has 0 saturated carbocycles. The number of halogens is 2. The van der Waals surface area contributed by atoms with Crippen molar-refractivity contribution in [1.82, 2.24) is 4.90 Å². The van der Waals surface area contributed by atoms with Gasteiger partial charge in [0.15, 0.2) is 0 Å². The third-order valence-corrected chi connectivity index (χ3v) is 3.41. The lowest BCUT2D eigenvalue weighted by Gasteiger charge is -2.24. The molecule has 3 nitrogen and oxygen atoms in total. The average Bonchev–Trinajstić information content (AvgIpc) is 2.51. The minimum absolute atomic E-state index is 0.0731. The van der Waals surface area contributed by atoms with E-state index in [1.807, 2.05) is 30.3 Å². The molecule has 0 aliphatic rings. The molecular weight excluding hydrogens is 288 g/mol. The molecule has 5 heteroatoms. The molecule has 0 radical (unpaired) electrons. The van der Waals surface area contributed by atoms with Gasteiger partial charge in [-0.25, -0.2) is 8.78 Å². The summed E-state index contributed by atoms with van der Waals surface area (Å²) in [6, 6.07) is 12.6. The summed E-state index contributed by atoms with van der Waals surface area (Å²) >= 11 is 0. The maximum absolute atomic E-state index is 13.7. The van der Waals surface area contributed by atoms with Crippen LogP contribution in [0.1, 0.15) is 17.2 Å². The monoisotopic (exact) mass is 307 g/mol. The molecule has 118 valence electrons. The van der Waals surface area contributed by atoms with Crippen molar-refractivity contribution < 1.29 is 19.0 Å². The van der Waals surface area contributed by atoms with Crippen LogP contribution < -0.4 is 0 Å². The molecule has 2 aromatic carbocycles. The van der Waals surface area contributed by atoms with E-state index in [1.54, 1.807) is 4.90 Å². The van der Waals surface area contributed by atoms with Crippen molar-refractivity contribution >= 4 is 0 Å². The van der Waals surface area contributed by atoms with Gasteiger partial charge in [0.25, 0.3) is 0 Å². The Bertz CT molecular complexity index is 592. The number of aliphatic hydroxyl groups excluding tert-OH is 2. The Morgan fingerprint density at radius 3 is 2.45 bits per heavy atom. The predicted molar refractivity (Wildman–Crippen MR) is 80.1 cm³/mol. The van der Waals surface area contributed by atoms with E-state index in [4.69, 9.17) is 5.11 Å². The van der Waals surface area contributed by atoms with Crippen molar-refractivity contribution in [2.45, 2.75) is 12.6 Å². The van der Waals surface area contributed by atoms with Crippen LogP contribution >= 0.6 is 0 Å². The number of nitrogens with zero attached hydrogens (tertiary/aromatic N) is 1. The fourth-order valence-electron chi connectivity index (χ4n) is 2.33. The highest BCUT2D eigenvalue weighted by Crippen LogP contribution is 2.20. The maximum Gasteiger partial charge on any atom is 0.129 e. The molecule has 2 rings (SSSR count). The second kappa shape index (κ2) is 7.98. The number of hydrogen-bond donors (Lipinski definition) is 2. The Hall–Kier alpha value is -1.82. The summed E-state index contributed by atoms with van der Waals surface area (Å²) in [6.07, 6.45) is -1.16. The fourth-order valence-corrected chi connectivity index (χ4v) is 2.33. The third-order valence-electron chi connectivity index (χ3n) is 3.41. The molecule has 22 heavy (non-hydrogen) atoms. The molecule has 0 heterocycles. The van der Waals surface area contributed by atoms with Gasteiger partial charge in [0.2, 0.25) is 0 Å². The highest BCUT2D eigenvalue weighted by atomic mass is 19.1. The molecule has 0 fully saturated rings. The van der Waals surface area contributed by atoms with Crippen LogP contribution in [0.2, 0.25) is 0 Å². The van der Waals surface area contributed by atoms with E-state index in [-0.39, 0.29) is 18.7 Å². The molecule has 0 bridgehead atoms. The first-order valence-corrected chi connectivity index (χ1v) is 7.10. The highest BCUT2D eigenvalue weighted by molar-refractivity contribution is 5.21. The van der Waals surface area contributed by atoms with Crippen LogP contribution in [0, 0.1) is 11.6 Å². The molecule has 1 atom stereocenters. The van der Waals surface area contributed by atoms with Crippen molar-refractivity contribution in [3.8, 4) is 0 Å². The van der Waals surface area contributed by atoms with Gasteiger partial charge >= 0.3 is 0 Å². The zero-order valence-corrected chi connectivity index (χ0v) is 12.1. The first kappa shape index (κ1) is 16.5. The predicted octanol–water partition coefficient (Wildman–Crippen LogP) is 2.49. The van der Waals surface area contributed by atoms with Crippen molar-refractivity contribution in [2.75, 3.05) is 19.7 Å². The van der Waals surface area contributed by atoms with Crippen LogP contribution in [-0.2, 0) is 6.54 Å². The van der Waals surface area contributed by atoms with Crippen LogP contribution in [0.4, 0.5) is 8.78 Å². The summed E-state index contributed by atoms with van der Waals surface area (Å²) in [7, 11) is 0. The number of benzene rings is 2. The molecule has 0 saturated heterocycles. The van der Waals surface area contributed by atoms with E-state index < -0.39 is 17.7 Å². The quantitative estimate of drug-likeness (QED) is 0.826. The molecule has 0 aliphatic carbocycles. The minimum Gasteiger partial charge on any atom is -0.395 e. The van der Waals surface area contributed by atoms with E-state index in [9.17, 15) is 13.9 Å². The van der Waals surface area contributed by atoms with Gasteiger partial charge in [0, 0.05) is 25.2 Å². The molecule has 2 N–H and O–H groups in total. The Morgan fingerprint density at radius 2 is 1.77 bits per heavy atom. The second-order valence-electron chi connectivity index (χ2n) is 5.13. The van der Waals surface area contributed by atoms with E-state index in [0.29, 0.717) is 13.1 Å². The molecule has 0 spiro atoms. The van der Waals surface area contributed by atoms with E-state index in [2.05, 4.69) is 0 Å². The summed E-state index contributed by atoms with van der Waals surface area (Å²) in [5.74, 6) is -1.23. The largest absolute Gasteiger partial charge is 0.395 e. The first-order valence-electron chi connectivity index (χ1n) is 7.10. The van der Waals surface area contributed by atoms with Crippen molar-refractivity contribution in [3.63, 3.8) is 0 Å². The van der Waals surface area contributed by atoms with Gasteiger partial charge in [0.1, 0.15) is 11.6 Å². The summed E-state index contributed by atoms with van der Waals surface area (Å²) in [6.45, 7) is 0.874. The molecule has 0 aromatic heterocycles. The normalized spacial score (nSPS) is 12.6. The summed E-state index contributed by atoms with van der Waals surface area (Å²) in [5.41, 5.74) is 0.943. The molecule has 0 unspecified atom stereocenters. The molecule has 0 amide bonds. The van der Waals surface area contributed by atoms with Gasteiger partial charge in [-0.2, -0.15) is 0 Å². The van der Waals surface area contributed by atoms with E-state index in [0.717, 1.165) is 23.8 Å². The zero-order valence-electron chi connectivity index (χ0n) is 12.1. The average molecular weight is 307 g/mol. The summed E-state index contributed by atoms with van der Waals surface area (Å²) < 4.78 is 26.9. The van der Waals surface area contributed by atoms with Gasteiger partial charge in [-0.1, -0.05) is 30.3 Å². The lowest BCUT2D eigenvalue weighted by molar-refractivity contribution is 0.0930. The van der Waals surface area contributed by atoms with Gasteiger partial charge < -0.3 is 10.2 Å². The van der Waals surface area contributed by atoms with Gasteiger partial charge in [0.05, 0.1) is 12.7 Å². The fraction of sp³-hybridized carbons (Fsp3) is 0.294. The summed E-state index contributed by atoms with van der Waals surface area (Å²) in [5, 5.41) is 19.3. The number of aliphatic hydroxyl groups is 2. The van der Waals surface area contributed by atoms with Crippen LogP contribution in [0.3, 0.4) is 0 Å². The topological polar surface area (TPSA) is 43.7 Å². The zero-order chi connectivity index (χ0) is 15.9. The smallest absolute Gasteiger partial charge is 0.129 e. The number of rotatable bonds is 7. The van der Waals surface area contributed by atoms with Crippen LogP contribution in [0.25, 0.3) is 0 Å². The molecular formula is C17H19F2NO2. The first-order chi connectivity index (χ1) is 10.6. The summed E-state index contributed by atoms with van der Waals surface area (Å²) in [4.78, 5) is 1.80. The molecule has 2 aromatic rings. The number of hydrogen-bond acceptors (Lipinski definition) is 3. The van der Waals surface area contributed by atoms with Gasteiger partial charge in [-0.3, -0.25) is 4.90 Å². The Kier molecular flexibility index (Phi) is 6.00. The Morgan fingerprint density at radius 1 is 1.05 bits per heavy atom. The Labute approximate surface area is 128 Å². The standard InChI is InChI=1S/C17H19F2NO2/c18-14-6-7-16(19)15(10-14)17(22)12-20(8-9-21)11-13-4-2-1-3-5-13/h1-7,10,17,21-22H,8-9,11-12H2/t17-/m1/s1. The maximum atomic E-state index is 13.7. The van der Waals surface area contributed by atoms with Crippen LogP contribution in [-0.4, -0.2) is 34.8 Å². The van der Waals surface area contributed by atoms with Crippen LogP contribution in [0.15, 0.2) is 48.5 Å². The van der Waals surface area contributed by atoms with Gasteiger partial charge in [-0.15, -0.1) is 0 Å². The van der Waals surface area contributed by atoms with E-state index >= 15 is 0 Å². The van der Waals surface area contributed by atoms with Crippen molar-refractivity contribution in [3.05, 3.63) is 71.3 Å². The second-order valence-corrected chi connectivity index (χ2v) is 5.13. The van der Waals surface area contributed by atoms with E-state index in [1.165, 1.54) is 0 Å². The lowest BCUT2D eigenvalue weighted by atomic mass is 10.1. The van der Waals surface area contributed by atoms with Crippen molar-refractivity contribution in [2.24, 2.45) is 0 Å². The highest BCUT2D eigenvalue weighted by Gasteiger charge is 2.17. The minimum atomic E-state index is -1.16. The van der Waals surface area contributed by atoms with Gasteiger partial charge in [-0.05, 0) is 23.8 Å². The molecule has 0 aliphatic heterocycles. The Balaban J connectivity index is 2.08. The van der Waals surface area contributed by atoms with Crippen molar-refractivity contribution in [1.29, 1.82) is 0 Å². The van der Waals surface area contributed by atoms with Crippen LogP contribution in [0.5, 0.6) is 0 Å². The SMILES string of the molecule is OCCN(Cc1ccccc1)C[C@@H](O)c1cc(F)ccc1F.